The summed E-state index contributed by atoms with van der Waals surface area (Å²) < 4.78 is 6.08. The maximum atomic E-state index is 12.6. The molecule has 0 atom stereocenters. The zero-order valence-corrected chi connectivity index (χ0v) is 16.6. The number of quaternary nitrogens is 1. The first-order valence-corrected chi connectivity index (χ1v) is 9.27. The fraction of sp³-hybridized carbons (Fsp3) is 0.600. The SMILES string of the molecule is CCC[N+](CC)(CC)CC(=O)Nc1c(C)cc(OC(=O)CC)cc1C. The molecule has 0 saturated heterocycles. The van der Waals surface area contributed by atoms with Crippen LogP contribution in [-0.2, 0) is 9.59 Å². The minimum Gasteiger partial charge on any atom is -0.427 e. The van der Waals surface area contributed by atoms with E-state index in [4.69, 9.17) is 4.74 Å². The van der Waals surface area contributed by atoms with Crippen molar-refractivity contribution in [3.8, 4) is 5.75 Å². The highest BCUT2D eigenvalue weighted by atomic mass is 16.5. The van der Waals surface area contributed by atoms with E-state index in [0.717, 1.165) is 47.4 Å². The number of hydrogen-bond acceptors (Lipinski definition) is 3. The average Bonchev–Trinajstić information content (AvgIpc) is 2.57. The maximum absolute atomic E-state index is 12.6. The number of benzene rings is 1. The highest BCUT2D eigenvalue weighted by Crippen LogP contribution is 2.27. The molecule has 0 heterocycles. The van der Waals surface area contributed by atoms with Crippen molar-refractivity contribution in [3.05, 3.63) is 23.3 Å². The molecule has 140 valence electrons. The third kappa shape index (κ3) is 5.85. The molecule has 0 bridgehead atoms. The normalized spacial score (nSPS) is 11.3. The zero-order chi connectivity index (χ0) is 19.0. The van der Waals surface area contributed by atoms with E-state index in [1.54, 1.807) is 19.1 Å². The molecule has 0 aromatic heterocycles. The largest absolute Gasteiger partial charge is 0.427 e. The number of aryl methyl sites for hydroxylation is 2. The molecular weight excluding hydrogens is 316 g/mol. The quantitative estimate of drug-likeness (QED) is 0.419. The van der Waals surface area contributed by atoms with Crippen molar-refractivity contribution in [2.24, 2.45) is 0 Å². The van der Waals surface area contributed by atoms with Gasteiger partial charge >= 0.3 is 5.97 Å². The monoisotopic (exact) mass is 349 g/mol. The van der Waals surface area contributed by atoms with Gasteiger partial charge in [0, 0.05) is 12.1 Å². The number of ether oxygens (including phenoxy) is 1. The molecule has 0 aliphatic rings. The Bertz CT molecular complexity index is 584. The highest BCUT2D eigenvalue weighted by molar-refractivity contribution is 5.93. The number of amides is 1. The van der Waals surface area contributed by atoms with Gasteiger partial charge in [0.1, 0.15) is 5.75 Å². The summed E-state index contributed by atoms with van der Waals surface area (Å²) in [5, 5.41) is 3.06. The fourth-order valence-electron chi connectivity index (χ4n) is 3.18. The van der Waals surface area contributed by atoms with Crippen LogP contribution in [-0.4, -0.2) is 42.5 Å². The molecule has 25 heavy (non-hydrogen) atoms. The van der Waals surface area contributed by atoms with Gasteiger partial charge in [0.05, 0.1) is 19.6 Å². The van der Waals surface area contributed by atoms with Crippen molar-refractivity contribution in [1.29, 1.82) is 0 Å². The number of carbonyl (C=O) groups is 2. The number of anilines is 1. The first-order chi connectivity index (χ1) is 11.8. The Balaban J connectivity index is 2.91. The fourth-order valence-corrected chi connectivity index (χ4v) is 3.18. The molecule has 1 aromatic rings. The van der Waals surface area contributed by atoms with Crippen LogP contribution in [0.3, 0.4) is 0 Å². The lowest BCUT2D eigenvalue weighted by atomic mass is 10.1. The van der Waals surface area contributed by atoms with Crippen molar-refractivity contribution in [2.75, 3.05) is 31.5 Å². The van der Waals surface area contributed by atoms with Crippen LogP contribution < -0.4 is 10.1 Å². The molecule has 1 N–H and O–H groups in total. The van der Waals surface area contributed by atoms with Gasteiger partial charge in [-0.1, -0.05) is 13.8 Å². The van der Waals surface area contributed by atoms with Crippen LogP contribution in [0.5, 0.6) is 5.75 Å². The second-order valence-electron chi connectivity index (χ2n) is 6.66. The van der Waals surface area contributed by atoms with Crippen molar-refractivity contribution in [3.63, 3.8) is 0 Å². The summed E-state index contributed by atoms with van der Waals surface area (Å²) in [5.74, 6) is 0.294. The van der Waals surface area contributed by atoms with Crippen LogP contribution in [0, 0.1) is 13.8 Å². The molecule has 0 spiro atoms. The Labute approximate surface area is 151 Å². The molecule has 1 rings (SSSR count). The Kier molecular flexibility index (Phi) is 8.10. The Morgan fingerprint density at radius 2 is 1.60 bits per heavy atom. The molecule has 0 aliphatic carbocycles. The van der Waals surface area contributed by atoms with Gasteiger partial charge in [-0.3, -0.25) is 9.59 Å². The van der Waals surface area contributed by atoms with E-state index in [1.165, 1.54) is 0 Å². The molecule has 0 saturated carbocycles. The molecule has 1 amide bonds. The van der Waals surface area contributed by atoms with Crippen molar-refractivity contribution in [2.45, 2.75) is 54.4 Å². The van der Waals surface area contributed by atoms with Gasteiger partial charge in [-0.2, -0.15) is 0 Å². The molecule has 5 heteroatoms. The highest BCUT2D eigenvalue weighted by Gasteiger charge is 2.26. The summed E-state index contributed by atoms with van der Waals surface area (Å²) in [6.45, 7) is 15.4. The lowest BCUT2D eigenvalue weighted by Gasteiger charge is -2.36. The number of carbonyl (C=O) groups excluding carboxylic acids is 2. The van der Waals surface area contributed by atoms with Crippen LogP contribution in [0.25, 0.3) is 0 Å². The van der Waals surface area contributed by atoms with Crippen LogP contribution in [0.2, 0.25) is 0 Å². The maximum Gasteiger partial charge on any atom is 0.310 e. The smallest absolute Gasteiger partial charge is 0.310 e. The van der Waals surface area contributed by atoms with Gasteiger partial charge in [-0.05, 0) is 57.4 Å². The minimum atomic E-state index is -0.261. The van der Waals surface area contributed by atoms with Crippen molar-refractivity contribution >= 4 is 17.6 Å². The first-order valence-electron chi connectivity index (χ1n) is 9.27. The third-order valence-corrected chi connectivity index (χ3v) is 4.81. The molecule has 1 aromatic carbocycles. The topological polar surface area (TPSA) is 55.4 Å². The third-order valence-electron chi connectivity index (χ3n) is 4.81. The number of rotatable bonds is 9. The van der Waals surface area contributed by atoms with Crippen LogP contribution >= 0.6 is 0 Å². The summed E-state index contributed by atoms with van der Waals surface area (Å²) in [7, 11) is 0. The minimum absolute atomic E-state index is 0.0293. The molecular formula is C20H33N2O3+. The Morgan fingerprint density at radius 3 is 2.04 bits per heavy atom. The van der Waals surface area contributed by atoms with E-state index in [2.05, 4.69) is 26.1 Å². The van der Waals surface area contributed by atoms with Gasteiger partial charge < -0.3 is 14.5 Å². The van der Waals surface area contributed by atoms with Crippen LogP contribution in [0.4, 0.5) is 5.69 Å². The predicted molar refractivity (Wildman–Crippen MR) is 102 cm³/mol. The van der Waals surface area contributed by atoms with Gasteiger partial charge in [0.2, 0.25) is 0 Å². The summed E-state index contributed by atoms with van der Waals surface area (Å²) in [6, 6.07) is 3.59. The van der Waals surface area contributed by atoms with E-state index >= 15 is 0 Å². The van der Waals surface area contributed by atoms with Crippen LogP contribution in [0.15, 0.2) is 12.1 Å². The van der Waals surface area contributed by atoms with E-state index in [9.17, 15) is 9.59 Å². The Hall–Kier alpha value is -1.88. The summed E-state index contributed by atoms with van der Waals surface area (Å²) in [6.07, 6.45) is 1.40. The number of esters is 1. The van der Waals surface area contributed by atoms with Gasteiger partial charge in [0.15, 0.2) is 6.54 Å². The number of nitrogens with zero attached hydrogens (tertiary/aromatic N) is 1. The molecule has 0 aliphatic heterocycles. The Morgan fingerprint density at radius 1 is 1.04 bits per heavy atom. The molecule has 0 fully saturated rings. The van der Waals surface area contributed by atoms with Crippen molar-refractivity contribution < 1.29 is 18.8 Å². The molecule has 5 nitrogen and oxygen atoms in total. The molecule has 0 unspecified atom stereocenters. The lowest BCUT2D eigenvalue weighted by molar-refractivity contribution is -0.917. The number of nitrogens with one attached hydrogen (secondary N) is 1. The average molecular weight is 349 g/mol. The number of likely N-dealkylation sites (N-methyl/N-ethyl adjacent to an activating group) is 1. The summed E-state index contributed by atoms with van der Waals surface area (Å²) in [4.78, 5) is 24.1. The van der Waals surface area contributed by atoms with Gasteiger partial charge in [-0.15, -0.1) is 0 Å². The lowest BCUT2D eigenvalue weighted by Crippen LogP contribution is -2.52. The summed E-state index contributed by atoms with van der Waals surface area (Å²) in [5.41, 5.74) is 2.60. The second kappa shape index (κ2) is 9.56. The second-order valence-corrected chi connectivity index (χ2v) is 6.66. The first kappa shape index (κ1) is 21.2. The van der Waals surface area contributed by atoms with Crippen molar-refractivity contribution in [1.82, 2.24) is 0 Å². The number of hydrogen-bond donors (Lipinski definition) is 1. The predicted octanol–water partition coefficient (Wildman–Crippen LogP) is 3.82. The standard InChI is InChI=1S/C20H32N2O3/c1-7-11-22(9-3,10-4)14-18(23)21-20-15(5)12-17(13-16(20)6)25-19(24)8-2/h12-13H,7-11,14H2,1-6H3/p+1. The molecule has 0 radical (unpaired) electrons. The van der Waals surface area contributed by atoms with E-state index in [0.29, 0.717) is 18.7 Å². The summed E-state index contributed by atoms with van der Waals surface area (Å²) >= 11 is 0. The van der Waals surface area contributed by atoms with E-state index in [-0.39, 0.29) is 11.9 Å². The van der Waals surface area contributed by atoms with E-state index in [1.807, 2.05) is 13.8 Å². The van der Waals surface area contributed by atoms with E-state index < -0.39 is 0 Å². The van der Waals surface area contributed by atoms with Gasteiger partial charge in [0.25, 0.3) is 5.91 Å². The van der Waals surface area contributed by atoms with Gasteiger partial charge in [-0.25, -0.2) is 0 Å². The zero-order valence-electron chi connectivity index (χ0n) is 16.6. The van der Waals surface area contributed by atoms with Crippen LogP contribution in [0.1, 0.15) is 51.7 Å².